The summed E-state index contributed by atoms with van der Waals surface area (Å²) in [5, 5.41) is 9.13. The van der Waals surface area contributed by atoms with Crippen LogP contribution in [0.1, 0.15) is 31.7 Å². The van der Waals surface area contributed by atoms with E-state index in [-0.39, 0.29) is 6.61 Å². The fraction of sp³-hybridized carbons (Fsp3) is 0.538. The molecule has 1 aliphatic rings. The SMILES string of the molecule is CC1CCCCN1c1ccc(CO)c(Br)c1. The van der Waals surface area contributed by atoms with Crippen LogP contribution in [0.2, 0.25) is 0 Å². The minimum Gasteiger partial charge on any atom is -0.392 e. The van der Waals surface area contributed by atoms with Crippen LogP contribution in [0.15, 0.2) is 22.7 Å². The van der Waals surface area contributed by atoms with Crippen LogP contribution in [0.5, 0.6) is 0 Å². The third-order valence-electron chi connectivity index (χ3n) is 3.34. The fourth-order valence-corrected chi connectivity index (χ4v) is 2.82. The molecule has 1 aromatic carbocycles. The second-order valence-corrected chi connectivity index (χ2v) is 5.33. The number of aliphatic hydroxyl groups excluding tert-OH is 1. The summed E-state index contributed by atoms with van der Waals surface area (Å²) in [6, 6.07) is 6.85. The van der Waals surface area contributed by atoms with Gasteiger partial charge in [0.2, 0.25) is 0 Å². The van der Waals surface area contributed by atoms with Crippen LogP contribution >= 0.6 is 15.9 Å². The van der Waals surface area contributed by atoms with E-state index in [1.165, 1.54) is 24.9 Å². The minimum absolute atomic E-state index is 0.0937. The molecule has 3 heteroatoms. The summed E-state index contributed by atoms with van der Waals surface area (Å²) < 4.78 is 1.00. The average molecular weight is 284 g/mol. The summed E-state index contributed by atoms with van der Waals surface area (Å²) in [4.78, 5) is 2.45. The van der Waals surface area contributed by atoms with E-state index in [0.717, 1.165) is 16.6 Å². The molecule has 1 atom stereocenters. The normalized spacial score (nSPS) is 21.2. The van der Waals surface area contributed by atoms with E-state index in [0.29, 0.717) is 6.04 Å². The molecule has 0 saturated carbocycles. The Labute approximate surface area is 105 Å². The lowest BCUT2D eigenvalue weighted by molar-refractivity contribution is 0.281. The van der Waals surface area contributed by atoms with Gasteiger partial charge in [-0.2, -0.15) is 0 Å². The van der Waals surface area contributed by atoms with Gasteiger partial charge in [0.1, 0.15) is 0 Å². The van der Waals surface area contributed by atoms with Gasteiger partial charge >= 0.3 is 0 Å². The lowest BCUT2D eigenvalue weighted by Crippen LogP contribution is -2.37. The molecule has 2 rings (SSSR count). The number of hydrogen-bond donors (Lipinski definition) is 1. The Kier molecular flexibility index (Phi) is 3.87. The molecule has 88 valence electrons. The number of halogens is 1. The molecule has 1 N–H and O–H groups in total. The highest BCUT2D eigenvalue weighted by Gasteiger charge is 2.18. The summed E-state index contributed by atoms with van der Waals surface area (Å²) in [6.07, 6.45) is 3.90. The van der Waals surface area contributed by atoms with Crippen LogP contribution in [0, 0.1) is 0 Å². The van der Waals surface area contributed by atoms with Gasteiger partial charge in [0.15, 0.2) is 0 Å². The minimum atomic E-state index is 0.0937. The number of benzene rings is 1. The van der Waals surface area contributed by atoms with Gasteiger partial charge in [-0.3, -0.25) is 0 Å². The molecule has 0 bridgehead atoms. The molecule has 1 aromatic rings. The maximum Gasteiger partial charge on any atom is 0.0692 e. The molecule has 1 unspecified atom stereocenters. The molecule has 16 heavy (non-hydrogen) atoms. The molecule has 0 aromatic heterocycles. The first-order valence-corrected chi connectivity index (χ1v) is 6.67. The van der Waals surface area contributed by atoms with Crippen molar-refractivity contribution in [3.8, 4) is 0 Å². The monoisotopic (exact) mass is 283 g/mol. The summed E-state index contributed by atoms with van der Waals surface area (Å²) in [6.45, 7) is 3.52. The smallest absolute Gasteiger partial charge is 0.0692 e. The van der Waals surface area contributed by atoms with Gasteiger partial charge in [-0.1, -0.05) is 22.0 Å². The molecular weight excluding hydrogens is 266 g/mol. The van der Waals surface area contributed by atoms with Gasteiger partial charge in [0, 0.05) is 22.7 Å². The third kappa shape index (κ3) is 2.41. The Morgan fingerprint density at radius 1 is 1.44 bits per heavy atom. The number of aliphatic hydroxyl groups is 1. The number of nitrogens with zero attached hydrogens (tertiary/aromatic N) is 1. The van der Waals surface area contributed by atoms with Crippen LogP contribution in [-0.4, -0.2) is 17.7 Å². The Morgan fingerprint density at radius 3 is 2.88 bits per heavy atom. The maximum atomic E-state index is 9.13. The second kappa shape index (κ2) is 5.19. The first-order valence-electron chi connectivity index (χ1n) is 5.88. The molecule has 1 heterocycles. The highest BCUT2D eigenvalue weighted by molar-refractivity contribution is 9.10. The van der Waals surface area contributed by atoms with E-state index in [1.807, 2.05) is 6.07 Å². The molecule has 2 nitrogen and oxygen atoms in total. The van der Waals surface area contributed by atoms with Crippen molar-refractivity contribution < 1.29 is 5.11 Å². The summed E-state index contributed by atoms with van der Waals surface area (Å²) in [5.74, 6) is 0. The van der Waals surface area contributed by atoms with Crippen molar-refractivity contribution in [1.82, 2.24) is 0 Å². The molecule has 0 spiro atoms. The van der Waals surface area contributed by atoms with Crippen LogP contribution < -0.4 is 4.90 Å². The third-order valence-corrected chi connectivity index (χ3v) is 4.08. The molecule has 1 fully saturated rings. The molecule has 1 saturated heterocycles. The van der Waals surface area contributed by atoms with Gasteiger partial charge in [-0.15, -0.1) is 0 Å². The quantitative estimate of drug-likeness (QED) is 0.900. The van der Waals surface area contributed by atoms with Gasteiger partial charge in [0.05, 0.1) is 6.61 Å². The fourth-order valence-electron chi connectivity index (χ4n) is 2.32. The number of rotatable bonds is 2. The maximum absolute atomic E-state index is 9.13. The van der Waals surface area contributed by atoms with E-state index in [4.69, 9.17) is 5.11 Å². The summed E-state index contributed by atoms with van der Waals surface area (Å²) in [5.41, 5.74) is 2.21. The van der Waals surface area contributed by atoms with E-state index in [2.05, 4.69) is 39.9 Å². The lowest BCUT2D eigenvalue weighted by atomic mass is 10.0. The van der Waals surface area contributed by atoms with Crippen molar-refractivity contribution in [2.75, 3.05) is 11.4 Å². The second-order valence-electron chi connectivity index (χ2n) is 4.47. The highest BCUT2D eigenvalue weighted by Crippen LogP contribution is 2.28. The predicted molar refractivity (Wildman–Crippen MR) is 70.7 cm³/mol. The topological polar surface area (TPSA) is 23.5 Å². The summed E-state index contributed by atoms with van der Waals surface area (Å²) in [7, 11) is 0. The predicted octanol–water partition coefficient (Wildman–Crippen LogP) is 3.32. The van der Waals surface area contributed by atoms with Crippen molar-refractivity contribution in [3.05, 3.63) is 28.2 Å². The van der Waals surface area contributed by atoms with Crippen LogP contribution in [0.4, 0.5) is 5.69 Å². The number of anilines is 1. The van der Waals surface area contributed by atoms with E-state index < -0.39 is 0 Å². The van der Waals surface area contributed by atoms with Crippen molar-refractivity contribution in [3.63, 3.8) is 0 Å². The zero-order valence-electron chi connectivity index (χ0n) is 9.62. The highest BCUT2D eigenvalue weighted by atomic mass is 79.9. The Bertz CT molecular complexity index is 367. The van der Waals surface area contributed by atoms with E-state index in [9.17, 15) is 0 Å². The van der Waals surface area contributed by atoms with Gasteiger partial charge in [-0.05, 0) is 43.9 Å². The van der Waals surface area contributed by atoms with Gasteiger partial charge in [0.25, 0.3) is 0 Å². The lowest BCUT2D eigenvalue weighted by Gasteiger charge is -2.35. The van der Waals surface area contributed by atoms with Crippen LogP contribution in [0.3, 0.4) is 0 Å². The zero-order chi connectivity index (χ0) is 11.5. The first kappa shape index (κ1) is 11.9. The molecule has 1 aliphatic heterocycles. The Balaban J connectivity index is 2.22. The zero-order valence-corrected chi connectivity index (χ0v) is 11.2. The van der Waals surface area contributed by atoms with Gasteiger partial charge in [-0.25, -0.2) is 0 Å². The van der Waals surface area contributed by atoms with Crippen LogP contribution in [-0.2, 0) is 6.61 Å². The van der Waals surface area contributed by atoms with E-state index in [1.54, 1.807) is 0 Å². The standard InChI is InChI=1S/C13H18BrNO/c1-10-4-2-3-7-15(10)12-6-5-11(9-16)13(14)8-12/h5-6,8,10,16H,2-4,7,9H2,1H3. The van der Waals surface area contributed by atoms with Gasteiger partial charge < -0.3 is 10.0 Å². The number of hydrogen-bond acceptors (Lipinski definition) is 2. The summed E-state index contributed by atoms with van der Waals surface area (Å²) >= 11 is 3.51. The van der Waals surface area contributed by atoms with Crippen molar-refractivity contribution >= 4 is 21.6 Å². The molecule has 0 aliphatic carbocycles. The van der Waals surface area contributed by atoms with Crippen LogP contribution in [0.25, 0.3) is 0 Å². The first-order chi connectivity index (χ1) is 7.72. The van der Waals surface area contributed by atoms with Crippen molar-refractivity contribution in [2.45, 2.75) is 38.8 Å². The average Bonchev–Trinajstić information content (AvgIpc) is 2.29. The van der Waals surface area contributed by atoms with E-state index >= 15 is 0 Å². The molecular formula is C13H18BrNO. The Hall–Kier alpha value is -0.540. The largest absolute Gasteiger partial charge is 0.392 e. The molecule has 0 amide bonds. The number of piperidine rings is 1. The van der Waals surface area contributed by atoms with Crippen molar-refractivity contribution in [2.24, 2.45) is 0 Å². The molecule has 0 radical (unpaired) electrons. The van der Waals surface area contributed by atoms with Crippen molar-refractivity contribution in [1.29, 1.82) is 0 Å². The Morgan fingerprint density at radius 2 is 2.25 bits per heavy atom.